The zero-order chi connectivity index (χ0) is 79.5. The quantitative estimate of drug-likeness (QED) is 0.0199. The van der Waals surface area contributed by atoms with Crippen LogP contribution in [-0.2, 0) is 33.2 Å². The lowest BCUT2D eigenvalue weighted by Gasteiger charge is -2.48. The first-order valence-corrected chi connectivity index (χ1v) is 43.4. The van der Waals surface area contributed by atoms with Gasteiger partial charge < -0.3 is 89.9 Å². The number of allylic oxidation sites excluding steroid dienone is 21. The SMILES string of the molecule is CC/C=C\C/C=C\C/C=C\C/C=C\C/C=C\C/C=C\C/C=C\C/C=C\C/C=C\C/C=C\CCCCCCCCCCCCC(=O)NC(COC1OC(CO)C(OC2OC(CO)C(OC3OC(CO)C(O)C(O)C3O)C(O)C2O)C(O)C1O)C(O)/C=C/CCCCCCCCCCCCCCCCCCCCCCCC. The molecule has 110 heavy (non-hydrogen) atoms. The van der Waals surface area contributed by atoms with E-state index in [1.807, 2.05) is 6.08 Å². The van der Waals surface area contributed by atoms with Gasteiger partial charge in [-0.05, 0) is 96.3 Å². The number of unbranched alkanes of at least 4 members (excludes halogenated alkanes) is 32. The fourth-order valence-corrected chi connectivity index (χ4v) is 13.8. The lowest BCUT2D eigenvalue weighted by Crippen LogP contribution is -2.66. The summed E-state index contributed by atoms with van der Waals surface area (Å²) in [5.74, 6) is -0.282. The van der Waals surface area contributed by atoms with E-state index in [9.17, 15) is 61.0 Å². The molecule has 0 bridgehead atoms. The van der Waals surface area contributed by atoms with E-state index in [-0.39, 0.29) is 18.9 Å². The molecule has 3 aliphatic rings. The summed E-state index contributed by atoms with van der Waals surface area (Å²) < 4.78 is 34.5. The predicted octanol–water partition coefficient (Wildman–Crippen LogP) is 16.0. The molecule has 3 heterocycles. The molecule has 19 nitrogen and oxygen atoms in total. The molecule has 0 aliphatic carbocycles. The summed E-state index contributed by atoms with van der Waals surface area (Å²) in [6.07, 6.45) is 72.9. The van der Waals surface area contributed by atoms with Gasteiger partial charge in [0.15, 0.2) is 18.9 Å². The second kappa shape index (κ2) is 69.3. The number of aliphatic hydroxyl groups is 11. The molecule has 3 aliphatic heterocycles. The van der Waals surface area contributed by atoms with Crippen LogP contribution in [0.15, 0.2) is 134 Å². The van der Waals surface area contributed by atoms with Crippen LogP contribution in [0.5, 0.6) is 0 Å². The van der Waals surface area contributed by atoms with Gasteiger partial charge in [0.05, 0.1) is 38.6 Å². The van der Waals surface area contributed by atoms with E-state index in [1.165, 1.54) is 154 Å². The monoisotopic (exact) mass is 1550 g/mol. The topological polar surface area (TPSA) is 307 Å². The van der Waals surface area contributed by atoms with Crippen LogP contribution in [0.25, 0.3) is 0 Å². The number of nitrogens with one attached hydrogen (secondary N) is 1. The Bertz CT molecular complexity index is 2510. The Morgan fingerprint density at radius 1 is 0.336 bits per heavy atom. The summed E-state index contributed by atoms with van der Waals surface area (Å²) >= 11 is 0. The molecule has 17 atom stereocenters. The van der Waals surface area contributed by atoms with Gasteiger partial charge in [-0.1, -0.05) is 334 Å². The van der Waals surface area contributed by atoms with Gasteiger partial charge in [0.25, 0.3) is 0 Å². The molecular formula is C91H155NO18. The molecule has 3 rings (SSSR count). The van der Waals surface area contributed by atoms with Crippen LogP contribution in [0.4, 0.5) is 0 Å². The van der Waals surface area contributed by atoms with E-state index in [2.05, 4.69) is 141 Å². The van der Waals surface area contributed by atoms with Crippen molar-refractivity contribution < 1.29 is 89.4 Å². The van der Waals surface area contributed by atoms with Gasteiger partial charge in [-0.25, -0.2) is 0 Å². The van der Waals surface area contributed by atoms with Crippen molar-refractivity contribution in [2.75, 3.05) is 26.4 Å². The second-order valence-corrected chi connectivity index (χ2v) is 30.3. The molecular weight excluding hydrogens is 1390 g/mol. The summed E-state index contributed by atoms with van der Waals surface area (Å²) in [6, 6.07) is -0.986. The van der Waals surface area contributed by atoms with E-state index < -0.39 is 124 Å². The van der Waals surface area contributed by atoms with Crippen molar-refractivity contribution in [1.29, 1.82) is 0 Å². The van der Waals surface area contributed by atoms with Crippen molar-refractivity contribution in [3.63, 3.8) is 0 Å². The van der Waals surface area contributed by atoms with Crippen molar-refractivity contribution >= 4 is 5.91 Å². The fourth-order valence-electron chi connectivity index (χ4n) is 13.8. The molecule has 0 spiro atoms. The normalized spacial score (nSPS) is 25.8. The van der Waals surface area contributed by atoms with Crippen LogP contribution in [0.3, 0.4) is 0 Å². The third-order valence-electron chi connectivity index (χ3n) is 20.7. The molecule has 0 aromatic carbocycles. The maximum Gasteiger partial charge on any atom is 0.220 e. The Morgan fingerprint density at radius 2 is 0.627 bits per heavy atom. The molecule has 19 heteroatoms. The minimum atomic E-state index is -1.98. The zero-order valence-corrected chi connectivity index (χ0v) is 67.9. The Labute approximate surface area is 664 Å². The standard InChI is InChI=1S/C91H155NO18/c1-3-5-7-9-11-13-15-17-19-21-23-25-27-29-30-31-32-33-34-35-36-37-38-39-40-41-42-43-44-45-47-49-51-53-55-57-59-61-63-65-67-69-79(97)92-74(75(96)68-66-64-62-60-58-56-54-52-50-48-46-28-26-24-22-20-18-16-14-12-10-8-6-4-2)73-105-89-85(103)82(100)87(77(71-94)107-89)110-91-86(104)83(101)88(78(72-95)108-91)109-90-84(102)81(99)80(98)76(70-93)106-90/h5,7,11,13,17,19,23,25,29-30,32-33,35-36,38-39,41-42,44-45,66,68,74-78,80-91,93-96,98-104H,3-4,6,8-10,12,14-16,18,20-22,24,26-28,31,34,37,40,43,46-65,67,69-73H2,1-2H3,(H,92,97)/b7-5-,13-11-,19-17-,25-23-,30-29-,33-32-,36-35-,39-38-,42-41-,45-44-,68-66+. The van der Waals surface area contributed by atoms with E-state index in [4.69, 9.17) is 28.4 Å². The van der Waals surface area contributed by atoms with Gasteiger partial charge in [-0.15, -0.1) is 0 Å². The van der Waals surface area contributed by atoms with Crippen molar-refractivity contribution in [3.05, 3.63) is 134 Å². The molecule has 632 valence electrons. The largest absolute Gasteiger partial charge is 0.394 e. The summed E-state index contributed by atoms with van der Waals surface area (Å²) in [7, 11) is 0. The first-order valence-electron chi connectivity index (χ1n) is 43.4. The molecule has 0 aromatic rings. The maximum absolute atomic E-state index is 13.5. The first-order chi connectivity index (χ1) is 53.8. The number of hydrogen-bond acceptors (Lipinski definition) is 18. The highest BCUT2D eigenvalue weighted by molar-refractivity contribution is 5.76. The molecule has 0 saturated carbocycles. The van der Waals surface area contributed by atoms with Crippen molar-refractivity contribution in [3.8, 4) is 0 Å². The number of rotatable bonds is 68. The highest BCUT2D eigenvalue weighted by Crippen LogP contribution is 2.33. The molecule has 0 aromatic heterocycles. The molecule has 0 radical (unpaired) electrons. The van der Waals surface area contributed by atoms with Crippen LogP contribution in [-0.4, -0.2) is 193 Å². The van der Waals surface area contributed by atoms with Gasteiger partial charge in [-0.2, -0.15) is 0 Å². The van der Waals surface area contributed by atoms with Crippen molar-refractivity contribution in [2.45, 2.75) is 407 Å². The van der Waals surface area contributed by atoms with Crippen LogP contribution < -0.4 is 5.32 Å². The highest BCUT2D eigenvalue weighted by atomic mass is 16.8. The van der Waals surface area contributed by atoms with Crippen molar-refractivity contribution in [2.24, 2.45) is 0 Å². The Morgan fingerprint density at radius 3 is 0.982 bits per heavy atom. The summed E-state index contributed by atoms with van der Waals surface area (Å²) in [4.78, 5) is 13.5. The summed E-state index contributed by atoms with van der Waals surface area (Å²) in [6.45, 7) is 1.64. The van der Waals surface area contributed by atoms with E-state index in [1.54, 1.807) is 6.08 Å². The van der Waals surface area contributed by atoms with E-state index >= 15 is 0 Å². The van der Waals surface area contributed by atoms with Crippen LogP contribution in [0.2, 0.25) is 0 Å². The average Bonchev–Trinajstić information content (AvgIpc) is 0.782. The summed E-state index contributed by atoms with van der Waals surface area (Å²) in [5, 5.41) is 121. The van der Waals surface area contributed by atoms with Gasteiger partial charge in [0.2, 0.25) is 5.91 Å². The number of aliphatic hydroxyl groups excluding tert-OH is 11. The van der Waals surface area contributed by atoms with Crippen LogP contribution >= 0.6 is 0 Å². The smallest absolute Gasteiger partial charge is 0.220 e. The zero-order valence-electron chi connectivity index (χ0n) is 67.9. The number of ether oxygens (including phenoxy) is 6. The lowest BCUT2D eigenvalue weighted by molar-refractivity contribution is -0.379. The predicted molar refractivity (Wildman–Crippen MR) is 443 cm³/mol. The average molecular weight is 1550 g/mol. The minimum absolute atomic E-state index is 0.231. The van der Waals surface area contributed by atoms with Gasteiger partial charge in [-0.3, -0.25) is 4.79 Å². The maximum atomic E-state index is 13.5. The second-order valence-electron chi connectivity index (χ2n) is 30.3. The Kier molecular flexibility index (Phi) is 63.0. The third kappa shape index (κ3) is 47.7. The Balaban J connectivity index is 1.34. The summed E-state index contributed by atoms with van der Waals surface area (Å²) in [5.41, 5.74) is 0. The molecule has 17 unspecified atom stereocenters. The Hall–Kier alpha value is -4.07. The van der Waals surface area contributed by atoms with Crippen LogP contribution in [0, 0.1) is 0 Å². The number of hydrogen-bond donors (Lipinski definition) is 12. The number of amides is 1. The third-order valence-corrected chi connectivity index (χ3v) is 20.7. The molecule has 1 amide bonds. The molecule has 3 fully saturated rings. The van der Waals surface area contributed by atoms with Gasteiger partial charge in [0, 0.05) is 6.42 Å². The number of carbonyl (C=O) groups excluding carboxylic acids is 1. The van der Waals surface area contributed by atoms with Crippen LogP contribution in [0.1, 0.15) is 303 Å². The van der Waals surface area contributed by atoms with Gasteiger partial charge in [0.1, 0.15) is 73.2 Å². The molecule has 3 saturated heterocycles. The fraction of sp³-hybridized carbons (Fsp3) is 0.747. The first kappa shape index (κ1) is 100. The lowest BCUT2D eigenvalue weighted by atomic mass is 9.96. The van der Waals surface area contributed by atoms with E-state index in [0.717, 1.165) is 122 Å². The highest BCUT2D eigenvalue weighted by Gasteiger charge is 2.54. The van der Waals surface area contributed by atoms with E-state index in [0.29, 0.717) is 6.42 Å². The van der Waals surface area contributed by atoms with Crippen molar-refractivity contribution in [1.82, 2.24) is 5.32 Å². The molecule has 12 N–H and O–H groups in total. The minimum Gasteiger partial charge on any atom is -0.394 e. The van der Waals surface area contributed by atoms with Gasteiger partial charge >= 0.3 is 0 Å². The number of carbonyl (C=O) groups is 1.